The van der Waals surface area contributed by atoms with Gasteiger partial charge in [0.2, 0.25) is 5.43 Å². The molecule has 6 nitrogen and oxygen atoms in total. The standard InChI is InChI=1S/C26H23N3O3/c1-19-15-24(30)25(28-29(19)22-11-4-2-5-12-22)26(31)27-17-20-9-8-10-21(16-20)18-32-23-13-6-3-7-14-23/h2-16H,17-18H2,1H3,(H,27,31). The third kappa shape index (κ3) is 5.10. The number of rotatable bonds is 7. The van der Waals surface area contributed by atoms with Crippen molar-refractivity contribution >= 4 is 5.91 Å². The zero-order valence-electron chi connectivity index (χ0n) is 17.7. The number of carbonyl (C=O) groups excluding carboxylic acids is 1. The number of hydrogen-bond acceptors (Lipinski definition) is 4. The van der Waals surface area contributed by atoms with Crippen LogP contribution in [0, 0.1) is 6.92 Å². The number of aryl methyl sites for hydroxylation is 1. The van der Waals surface area contributed by atoms with Gasteiger partial charge in [-0.1, -0.05) is 60.7 Å². The van der Waals surface area contributed by atoms with Gasteiger partial charge in [-0.3, -0.25) is 9.59 Å². The largest absolute Gasteiger partial charge is 0.489 e. The molecule has 0 aliphatic rings. The van der Waals surface area contributed by atoms with Crippen molar-refractivity contribution in [1.82, 2.24) is 15.1 Å². The van der Waals surface area contributed by atoms with Crippen molar-refractivity contribution < 1.29 is 9.53 Å². The first-order chi connectivity index (χ1) is 15.6. The molecule has 0 fully saturated rings. The Labute approximate surface area is 186 Å². The Kier molecular flexibility index (Phi) is 6.41. The quantitative estimate of drug-likeness (QED) is 0.485. The molecule has 0 spiro atoms. The Hall–Kier alpha value is -4.19. The Morgan fingerprint density at radius 1 is 0.906 bits per heavy atom. The average Bonchev–Trinajstić information content (AvgIpc) is 2.83. The molecule has 1 aromatic heterocycles. The maximum Gasteiger partial charge on any atom is 0.276 e. The van der Waals surface area contributed by atoms with E-state index in [1.807, 2.05) is 84.9 Å². The molecule has 0 saturated carbocycles. The van der Waals surface area contributed by atoms with Gasteiger partial charge in [0.15, 0.2) is 5.69 Å². The van der Waals surface area contributed by atoms with E-state index in [1.165, 1.54) is 6.07 Å². The number of para-hydroxylation sites is 2. The summed E-state index contributed by atoms with van der Waals surface area (Å²) in [5.74, 6) is 0.289. The fraction of sp³-hybridized carbons (Fsp3) is 0.115. The molecule has 1 amide bonds. The van der Waals surface area contributed by atoms with Gasteiger partial charge in [-0.25, -0.2) is 4.68 Å². The van der Waals surface area contributed by atoms with Crippen molar-refractivity contribution in [2.24, 2.45) is 0 Å². The smallest absolute Gasteiger partial charge is 0.276 e. The molecule has 4 rings (SSSR count). The van der Waals surface area contributed by atoms with E-state index in [1.54, 1.807) is 11.6 Å². The van der Waals surface area contributed by atoms with Crippen LogP contribution in [0.4, 0.5) is 0 Å². The summed E-state index contributed by atoms with van der Waals surface area (Å²) in [6, 6.07) is 28.2. The summed E-state index contributed by atoms with van der Waals surface area (Å²) < 4.78 is 7.38. The van der Waals surface area contributed by atoms with Gasteiger partial charge in [-0.05, 0) is 42.3 Å². The highest BCUT2D eigenvalue weighted by Crippen LogP contribution is 2.13. The Bertz CT molecular complexity index is 1270. The minimum Gasteiger partial charge on any atom is -0.489 e. The Morgan fingerprint density at radius 2 is 1.59 bits per heavy atom. The van der Waals surface area contributed by atoms with Crippen molar-refractivity contribution in [3.8, 4) is 11.4 Å². The topological polar surface area (TPSA) is 73.2 Å². The van der Waals surface area contributed by atoms with Crippen LogP contribution in [0.15, 0.2) is 95.8 Å². The summed E-state index contributed by atoms with van der Waals surface area (Å²) in [7, 11) is 0. The molecule has 0 atom stereocenters. The molecule has 0 unspecified atom stereocenters. The van der Waals surface area contributed by atoms with Crippen molar-refractivity contribution in [3.05, 3.63) is 124 Å². The predicted molar refractivity (Wildman–Crippen MR) is 123 cm³/mol. The lowest BCUT2D eigenvalue weighted by atomic mass is 10.1. The van der Waals surface area contributed by atoms with E-state index in [9.17, 15) is 9.59 Å². The zero-order chi connectivity index (χ0) is 22.3. The minimum atomic E-state index is -0.509. The maximum absolute atomic E-state index is 12.7. The van der Waals surface area contributed by atoms with Crippen LogP contribution in [0.1, 0.15) is 27.3 Å². The molecule has 0 bridgehead atoms. The van der Waals surface area contributed by atoms with E-state index in [0.29, 0.717) is 12.3 Å². The fourth-order valence-corrected chi connectivity index (χ4v) is 3.31. The molecule has 1 N–H and O–H groups in total. The van der Waals surface area contributed by atoms with Gasteiger partial charge < -0.3 is 10.1 Å². The molecule has 160 valence electrons. The molecule has 6 heteroatoms. The Morgan fingerprint density at radius 3 is 2.34 bits per heavy atom. The maximum atomic E-state index is 12.7. The van der Waals surface area contributed by atoms with Gasteiger partial charge in [-0.2, -0.15) is 5.10 Å². The highest BCUT2D eigenvalue weighted by Gasteiger charge is 2.15. The summed E-state index contributed by atoms with van der Waals surface area (Å²) in [5, 5.41) is 7.11. The van der Waals surface area contributed by atoms with Crippen molar-refractivity contribution in [2.45, 2.75) is 20.1 Å². The van der Waals surface area contributed by atoms with Crippen molar-refractivity contribution in [3.63, 3.8) is 0 Å². The molecule has 32 heavy (non-hydrogen) atoms. The van der Waals surface area contributed by atoms with Crippen molar-refractivity contribution in [2.75, 3.05) is 0 Å². The van der Waals surface area contributed by atoms with Crippen LogP contribution < -0.4 is 15.5 Å². The molecule has 0 aliphatic carbocycles. The first-order valence-electron chi connectivity index (χ1n) is 10.3. The Balaban J connectivity index is 1.44. The summed E-state index contributed by atoms with van der Waals surface area (Å²) in [6.07, 6.45) is 0. The first kappa shape index (κ1) is 21.1. The third-order valence-corrected chi connectivity index (χ3v) is 4.92. The van der Waals surface area contributed by atoms with Crippen LogP contribution in [0.3, 0.4) is 0 Å². The molecule has 1 heterocycles. The van der Waals surface area contributed by atoms with E-state index < -0.39 is 11.3 Å². The predicted octanol–water partition coefficient (Wildman–Crippen LogP) is 4.05. The number of carbonyl (C=O) groups is 1. The SMILES string of the molecule is Cc1cc(=O)c(C(=O)NCc2cccc(COc3ccccc3)c2)nn1-c1ccccc1. The van der Waals surface area contributed by atoms with E-state index in [2.05, 4.69) is 10.4 Å². The minimum absolute atomic E-state index is 0.136. The van der Waals surface area contributed by atoms with Gasteiger partial charge in [0.1, 0.15) is 12.4 Å². The number of aromatic nitrogens is 2. The van der Waals surface area contributed by atoms with Crippen LogP contribution >= 0.6 is 0 Å². The van der Waals surface area contributed by atoms with Crippen LogP contribution in [-0.2, 0) is 13.2 Å². The molecular formula is C26H23N3O3. The molecule has 0 aliphatic heterocycles. The molecule has 0 saturated heterocycles. The molecular weight excluding hydrogens is 402 g/mol. The second-order valence-corrected chi connectivity index (χ2v) is 7.35. The van der Waals surface area contributed by atoms with Gasteiger partial charge >= 0.3 is 0 Å². The summed E-state index contributed by atoms with van der Waals surface area (Å²) in [6.45, 7) is 2.48. The van der Waals surface area contributed by atoms with Crippen LogP contribution in [0.25, 0.3) is 5.69 Å². The zero-order valence-corrected chi connectivity index (χ0v) is 17.7. The number of benzene rings is 3. The highest BCUT2D eigenvalue weighted by atomic mass is 16.5. The monoisotopic (exact) mass is 425 g/mol. The van der Waals surface area contributed by atoms with E-state index in [-0.39, 0.29) is 12.2 Å². The normalized spacial score (nSPS) is 10.5. The van der Waals surface area contributed by atoms with Gasteiger partial charge in [0.05, 0.1) is 5.69 Å². The van der Waals surface area contributed by atoms with Gasteiger partial charge in [-0.15, -0.1) is 0 Å². The second kappa shape index (κ2) is 9.75. The molecule has 3 aromatic carbocycles. The van der Waals surface area contributed by atoms with Crippen LogP contribution in [-0.4, -0.2) is 15.7 Å². The lowest BCUT2D eigenvalue weighted by molar-refractivity contribution is 0.0943. The lowest BCUT2D eigenvalue weighted by Crippen LogP contribution is -2.31. The summed E-state index contributed by atoms with van der Waals surface area (Å²) in [4.78, 5) is 25.1. The first-order valence-corrected chi connectivity index (χ1v) is 10.3. The number of nitrogens with one attached hydrogen (secondary N) is 1. The average molecular weight is 425 g/mol. The number of hydrogen-bond donors (Lipinski definition) is 1. The molecule has 0 radical (unpaired) electrons. The fourth-order valence-electron chi connectivity index (χ4n) is 3.31. The van der Waals surface area contributed by atoms with Crippen molar-refractivity contribution in [1.29, 1.82) is 0 Å². The van der Waals surface area contributed by atoms with E-state index in [0.717, 1.165) is 22.6 Å². The van der Waals surface area contributed by atoms with Crippen LogP contribution in [0.5, 0.6) is 5.75 Å². The number of amides is 1. The summed E-state index contributed by atoms with van der Waals surface area (Å²) >= 11 is 0. The third-order valence-electron chi connectivity index (χ3n) is 4.92. The van der Waals surface area contributed by atoms with E-state index >= 15 is 0 Å². The van der Waals surface area contributed by atoms with Gasteiger partial charge in [0, 0.05) is 18.3 Å². The lowest BCUT2D eigenvalue weighted by Gasteiger charge is -2.12. The highest BCUT2D eigenvalue weighted by molar-refractivity contribution is 5.92. The van der Waals surface area contributed by atoms with E-state index in [4.69, 9.17) is 4.74 Å². The summed E-state index contributed by atoms with van der Waals surface area (Å²) in [5.41, 5.74) is 2.79. The molecule has 4 aromatic rings. The number of ether oxygens (including phenoxy) is 1. The van der Waals surface area contributed by atoms with Crippen LogP contribution in [0.2, 0.25) is 0 Å². The number of nitrogens with zero attached hydrogens (tertiary/aromatic N) is 2. The second-order valence-electron chi connectivity index (χ2n) is 7.35. The van der Waals surface area contributed by atoms with Gasteiger partial charge in [0.25, 0.3) is 5.91 Å².